The van der Waals surface area contributed by atoms with Gasteiger partial charge in [-0.05, 0) is 81.2 Å². The maximum atomic E-state index is 12.6. The van der Waals surface area contributed by atoms with E-state index in [0.29, 0.717) is 35.5 Å². The molecule has 2 N–H and O–H groups in total. The van der Waals surface area contributed by atoms with E-state index >= 15 is 0 Å². The molecule has 1 aromatic heterocycles. The summed E-state index contributed by atoms with van der Waals surface area (Å²) in [6.45, 7) is 3.45. The predicted octanol–water partition coefficient (Wildman–Crippen LogP) is 3.07. The fourth-order valence-electron chi connectivity index (χ4n) is 3.79. The van der Waals surface area contributed by atoms with E-state index in [-0.39, 0.29) is 5.63 Å². The van der Waals surface area contributed by atoms with Crippen molar-refractivity contribution in [3.63, 3.8) is 0 Å². The number of thioether (sulfide) groups is 1. The number of carboxylic acid groups (broad SMARTS) is 1. The zero-order valence-corrected chi connectivity index (χ0v) is 18.3. The lowest BCUT2D eigenvalue weighted by Gasteiger charge is -2.22. The van der Waals surface area contributed by atoms with Gasteiger partial charge in [0.15, 0.2) is 6.10 Å². The summed E-state index contributed by atoms with van der Waals surface area (Å²) in [7, 11) is 0. The van der Waals surface area contributed by atoms with Crippen molar-refractivity contribution in [1.29, 1.82) is 0 Å². The van der Waals surface area contributed by atoms with Crippen LogP contribution in [0.25, 0.3) is 11.0 Å². The molecule has 162 valence electrons. The summed E-state index contributed by atoms with van der Waals surface area (Å²) in [5.41, 5.74) is 2.60. The van der Waals surface area contributed by atoms with Crippen molar-refractivity contribution in [3.05, 3.63) is 39.2 Å². The molecule has 0 radical (unpaired) electrons. The van der Waals surface area contributed by atoms with Crippen molar-refractivity contribution in [2.24, 2.45) is 0 Å². The maximum Gasteiger partial charge on any atom is 0.339 e. The molecule has 3 rings (SSSR count). The Labute approximate surface area is 179 Å². The van der Waals surface area contributed by atoms with Crippen LogP contribution in [-0.2, 0) is 22.4 Å². The monoisotopic (exact) mass is 433 g/mol. The van der Waals surface area contributed by atoms with Crippen molar-refractivity contribution < 1.29 is 23.8 Å². The highest BCUT2D eigenvalue weighted by Crippen LogP contribution is 2.35. The molecule has 0 aliphatic heterocycles. The number of rotatable bonds is 8. The Bertz CT molecular complexity index is 1010. The van der Waals surface area contributed by atoms with Crippen molar-refractivity contribution >= 4 is 34.6 Å². The molecular formula is C22H27NO6S. The molecule has 2 aromatic rings. The van der Waals surface area contributed by atoms with E-state index in [4.69, 9.17) is 9.15 Å². The van der Waals surface area contributed by atoms with E-state index in [1.165, 1.54) is 11.8 Å². The molecule has 0 unspecified atom stereocenters. The number of aliphatic carboxylic acids is 1. The molecule has 1 aromatic carbocycles. The fourth-order valence-corrected chi connectivity index (χ4v) is 4.26. The summed E-state index contributed by atoms with van der Waals surface area (Å²) < 4.78 is 11.5. The van der Waals surface area contributed by atoms with Gasteiger partial charge in [0.25, 0.3) is 5.91 Å². The molecule has 0 bridgehead atoms. The van der Waals surface area contributed by atoms with Crippen LogP contribution < -0.4 is 15.7 Å². The van der Waals surface area contributed by atoms with Gasteiger partial charge < -0.3 is 19.6 Å². The number of carbonyl (C=O) groups excluding carboxylic acids is 1. The Kier molecular flexibility index (Phi) is 7.07. The first kappa shape index (κ1) is 22.2. The highest BCUT2D eigenvalue weighted by Gasteiger charge is 2.26. The molecule has 0 fully saturated rings. The molecular weight excluding hydrogens is 406 g/mol. The van der Waals surface area contributed by atoms with Crippen LogP contribution in [0, 0.1) is 6.92 Å². The Morgan fingerprint density at radius 3 is 2.63 bits per heavy atom. The summed E-state index contributed by atoms with van der Waals surface area (Å²) in [5, 5.41) is 12.6. The summed E-state index contributed by atoms with van der Waals surface area (Å²) in [6.07, 6.45) is 4.66. The number of benzene rings is 1. The number of nitrogens with one attached hydrogen (secondary N) is 1. The van der Waals surface area contributed by atoms with E-state index in [1.54, 1.807) is 13.0 Å². The normalized spacial score (nSPS) is 15.3. The first-order valence-electron chi connectivity index (χ1n) is 10.1. The van der Waals surface area contributed by atoms with Crippen LogP contribution in [0.15, 0.2) is 21.3 Å². The van der Waals surface area contributed by atoms with Crippen molar-refractivity contribution in [2.45, 2.75) is 58.1 Å². The zero-order chi connectivity index (χ0) is 21.8. The average Bonchev–Trinajstić information content (AvgIpc) is 2.70. The minimum Gasteiger partial charge on any atom is -0.480 e. The van der Waals surface area contributed by atoms with Gasteiger partial charge in [0, 0.05) is 5.56 Å². The molecule has 1 aliphatic rings. The van der Waals surface area contributed by atoms with Crippen molar-refractivity contribution in [2.75, 3.05) is 12.0 Å². The number of fused-ring (bicyclic) bond motifs is 3. The number of aryl methyl sites for hydroxylation is 2. The third kappa shape index (κ3) is 4.80. The van der Waals surface area contributed by atoms with Crippen LogP contribution in [0.1, 0.15) is 42.9 Å². The quantitative estimate of drug-likeness (QED) is 0.616. The van der Waals surface area contributed by atoms with Gasteiger partial charge in [0.2, 0.25) is 0 Å². The Morgan fingerprint density at radius 1 is 1.27 bits per heavy atom. The first-order chi connectivity index (χ1) is 14.3. The van der Waals surface area contributed by atoms with Crippen LogP contribution in [-0.4, -0.2) is 41.1 Å². The lowest BCUT2D eigenvalue weighted by atomic mass is 9.90. The second kappa shape index (κ2) is 9.55. The molecule has 0 spiro atoms. The zero-order valence-electron chi connectivity index (χ0n) is 17.4. The van der Waals surface area contributed by atoms with Crippen LogP contribution in [0.3, 0.4) is 0 Å². The van der Waals surface area contributed by atoms with Gasteiger partial charge in [-0.1, -0.05) is 0 Å². The van der Waals surface area contributed by atoms with Crippen molar-refractivity contribution in [1.82, 2.24) is 5.32 Å². The fraction of sp³-hybridized carbons (Fsp3) is 0.500. The second-order valence-corrected chi connectivity index (χ2v) is 8.62. The summed E-state index contributed by atoms with van der Waals surface area (Å²) in [5.74, 6) is -0.461. The second-order valence-electron chi connectivity index (χ2n) is 7.63. The Morgan fingerprint density at radius 2 is 1.97 bits per heavy atom. The minimum atomic E-state index is -1.07. The number of hydrogen-bond donors (Lipinski definition) is 2. The first-order valence-corrected chi connectivity index (χ1v) is 11.5. The highest BCUT2D eigenvalue weighted by molar-refractivity contribution is 7.98. The molecule has 7 nitrogen and oxygen atoms in total. The van der Waals surface area contributed by atoms with Gasteiger partial charge in [-0.25, -0.2) is 9.59 Å². The number of carboxylic acids is 1. The third-order valence-corrected chi connectivity index (χ3v) is 5.97. The van der Waals surface area contributed by atoms with Crippen molar-refractivity contribution in [3.8, 4) is 5.75 Å². The largest absolute Gasteiger partial charge is 0.480 e. The number of carbonyl (C=O) groups is 2. The van der Waals surface area contributed by atoms with E-state index in [0.717, 1.165) is 35.8 Å². The smallest absolute Gasteiger partial charge is 0.339 e. The van der Waals surface area contributed by atoms with Gasteiger partial charge in [0.1, 0.15) is 17.4 Å². The molecule has 2 atom stereocenters. The van der Waals surface area contributed by atoms with Gasteiger partial charge in [-0.3, -0.25) is 4.79 Å². The standard InChI is InChI=1S/C22H27NO6S/c1-12-10-17(28-13(2)20(24)23-16(21(25)26)8-9-30-3)19-14-6-4-5-7-15(14)22(27)29-18(19)11-12/h10-11,13,16H,4-9H2,1-3H3,(H,23,24)(H,25,26)/t13-,16+/m1/s1. The Hall–Kier alpha value is -2.48. The van der Waals surface area contributed by atoms with E-state index in [2.05, 4.69) is 5.32 Å². The van der Waals surface area contributed by atoms with Gasteiger partial charge >= 0.3 is 11.6 Å². The molecule has 1 heterocycles. The average molecular weight is 434 g/mol. The summed E-state index contributed by atoms with van der Waals surface area (Å²) in [6, 6.07) is 2.66. The molecule has 0 saturated carbocycles. The molecule has 30 heavy (non-hydrogen) atoms. The lowest BCUT2D eigenvalue weighted by Crippen LogP contribution is -2.46. The lowest BCUT2D eigenvalue weighted by molar-refractivity contribution is -0.142. The number of ether oxygens (including phenoxy) is 1. The van der Waals surface area contributed by atoms with Gasteiger partial charge in [-0.2, -0.15) is 11.8 Å². The molecule has 8 heteroatoms. The van der Waals surface area contributed by atoms with Crippen LogP contribution in [0.2, 0.25) is 0 Å². The summed E-state index contributed by atoms with van der Waals surface area (Å²) >= 11 is 1.52. The molecule has 0 saturated heterocycles. The topological polar surface area (TPSA) is 106 Å². The third-order valence-electron chi connectivity index (χ3n) is 5.33. The highest BCUT2D eigenvalue weighted by atomic mass is 32.2. The number of amides is 1. The van der Waals surface area contributed by atoms with Crippen LogP contribution in [0.4, 0.5) is 0 Å². The van der Waals surface area contributed by atoms with E-state index < -0.39 is 24.0 Å². The predicted molar refractivity (Wildman–Crippen MR) is 117 cm³/mol. The SMILES string of the molecule is CSCC[C@H](NC(=O)[C@@H](C)Oc1cc(C)cc2oc(=O)c3c(c12)CCCC3)C(=O)O. The maximum absolute atomic E-state index is 12.6. The van der Waals surface area contributed by atoms with Crippen LogP contribution >= 0.6 is 11.8 Å². The van der Waals surface area contributed by atoms with Gasteiger partial charge in [-0.15, -0.1) is 0 Å². The number of hydrogen-bond acceptors (Lipinski definition) is 6. The molecule has 1 amide bonds. The van der Waals surface area contributed by atoms with E-state index in [1.807, 2.05) is 19.2 Å². The minimum absolute atomic E-state index is 0.308. The van der Waals surface area contributed by atoms with Crippen LogP contribution in [0.5, 0.6) is 5.75 Å². The molecule has 1 aliphatic carbocycles. The summed E-state index contributed by atoms with van der Waals surface area (Å²) in [4.78, 5) is 36.4. The Balaban J connectivity index is 1.90. The van der Waals surface area contributed by atoms with Gasteiger partial charge in [0.05, 0.1) is 5.39 Å². The van der Waals surface area contributed by atoms with E-state index in [9.17, 15) is 19.5 Å².